The average molecular weight is 269 g/mol. The van der Waals surface area contributed by atoms with Crippen molar-refractivity contribution in [3.8, 4) is 0 Å². The van der Waals surface area contributed by atoms with E-state index in [0.29, 0.717) is 23.1 Å². The Kier molecular flexibility index (Phi) is 3.81. The first kappa shape index (κ1) is 12.1. The number of anilines is 2. The molecule has 0 saturated heterocycles. The van der Waals surface area contributed by atoms with Gasteiger partial charge in [-0.3, -0.25) is 0 Å². The summed E-state index contributed by atoms with van der Waals surface area (Å²) in [6.45, 7) is 2.74. The summed E-state index contributed by atoms with van der Waals surface area (Å²) >= 11 is 7.70. The van der Waals surface area contributed by atoms with Gasteiger partial charge in [0.25, 0.3) is 0 Å². The highest BCUT2D eigenvalue weighted by atomic mass is 35.5. The largest absolute Gasteiger partial charge is 0.397 e. The number of aromatic nitrogens is 2. The van der Waals surface area contributed by atoms with Crippen LogP contribution in [0.1, 0.15) is 16.8 Å². The molecule has 0 aliphatic carbocycles. The molecule has 3 N–H and O–H groups in total. The molecule has 2 heterocycles. The summed E-state index contributed by atoms with van der Waals surface area (Å²) in [4.78, 5) is 9.71. The van der Waals surface area contributed by atoms with E-state index in [-0.39, 0.29) is 0 Å². The molecular weight excluding hydrogens is 256 g/mol. The smallest absolute Gasteiger partial charge is 0.145 e. The maximum absolute atomic E-state index is 6.01. The first-order valence-corrected chi connectivity index (χ1v) is 6.47. The van der Waals surface area contributed by atoms with Crippen LogP contribution < -0.4 is 11.1 Å². The second kappa shape index (κ2) is 5.33. The zero-order valence-corrected chi connectivity index (χ0v) is 11.0. The number of nitrogen functional groups attached to an aromatic ring is 1. The Morgan fingerprint density at radius 3 is 2.88 bits per heavy atom. The lowest BCUT2D eigenvalue weighted by Crippen LogP contribution is -2.02. The second-order valence-corrected chi connectivity index (χ2v) is 5.13. The molecule has 0 saturated carbocycles. The fourth-order valence-electron chi connectivity index (χ4n) is 1.34. The lowest BCUT2D eigenvalue weighted by molar-refractivity contribution is 1.07. The number of rotatable bonds is 4. The third kappa shape index (κ3) is 3.08. The number of nitrogens with one attached hydrogen (secondary N) is 1. The van der Waals surface area contributed by atoms with E-state index >= 15 is 0 Å². The number of halogens is 1. The molecule has 0 bridgehead atoms. The summed E-state index contributed by atoms with van der Waals surface area (Å²) in [5.74, 6) is 0.633. The fraction of sp³-hybridized carbons (Fsp3) is 0.273. The Balaban J connectivity index is 2.02. The maximum Gasteiger partial charge on any atom is 0.145 e. The highest BCUT2D eigenvalue weighted by molar-refractivity contribution is 7.11. The summed E-state index contributed by atoms with van der Waals surface area (Å²) in [5.41, 5.74) is 6.13. The van der Waals surface area contributed by atoms with Crippen molar-refractivity contribution in [2.45, 2.75) is 19.9 Å². The standard InChI is InChI=1S/C11H13ClN4S/c1-2-8-5-14-10(17-8)6-16-11-9(12)3-7(13)4-15-11/h3-5H,2,6,13H2,1H3,(H,15,16). The molecule has 4 nitrogen and oxygen atoms in total. The number of pyridine rings is 1. The van der Waals surface area contributed by atoms with E-state index in [1.165, 1.54) is 4.88 Å². The highest BCUT2D eigenvalue weighted by Crippen LogP contribution is 2.22. The molecule has 2 aromatic rings. The Labute approximate surface area is 109 Å². The topological polar surface area (TPSA) is 63.8 Å². The minimum Gasteiger partial charge on any atom is -0.397 e. The van der Waals surface area contributed by atoms with Crippen LogP contribution in [0.25, 0.3) is 0 Å². The van der Waals surface area contributed by atoms with Crippen molar-refractivity contribution in [2.24, 2.45) is 0 Å². The number of aryl methyl sites for hydroxylation is 1. The molecule has 0 aliphatic rings. The first-order valence-electron chi connectivity index (χ1n) is 5.27. The lowest BCUT2D eigenvalue weighted by Gasteiger charge is -2.05. The predicted octanol–water partition coefficient (Wildman–Crippen LogP) is 2.95. The van der Waals surface area contributed by atoms with E-state index in [2.05, 4.69) is 22.2 Å². The van der Waals surface area contributed by atoms with Crippen LogP contribution >= 0.6 is 22.9 Å². The Hall–Kier alpha value is -1.33. The summed E-state index contributed by atoms with van der Waals surface area (Å²) in [6, 6.07) is 1.68. The maximum atomic E-state index is 6.01. The molecule has 90 valence electrons. The first-order chi connectivity index (χ1) is 8.19. The van der Waals surface area contributed by atoms with Gasteiger partial charge in [0.05, 0.1) is 23.5 Å². The van der Waals surface area contributed by atoms with Gasteiger partial charge >= 0.3 is 0 Å². The molecule has 0 amide bonds. The van der Waals surface area contributed by atoms with Gasteiger partial charge < -0.3 is 11.1 Å². The summed E-state index contributed by atoms with van der Waals surface area (Å²) in [7, 11) is 0. The van der Waals surface area contributed by atoms with Crippen molar-refractivity contribution >= 4 is 34.4 Å². The molecule has 17 heavy (non-hydrogen) atoms. The minimum absolute atomic E-state index is 0.525. The van der Waals surface area contributed by atoms with Gasteiger partial charge in [-0.1, -0.05) is 18.5 Å². The second-order valence-electron chi connectivity index (χ2n) is 3.53. The predicted molar refractivity (Wildman–Crippen MR) is 72.5 cm³/mol. The molecule has 0 unspecified atom stereocenters. The van der Waals surface area contributed by atoms with E-state index in [0.717, 1.165) is 11.4 Å². The molecule has 6 heteroatoms. The van der Waals surface area contributed by atoms with Crippen molar-refractivity contribution in [1.29, 1.82) is 0 Å². The van der Waals surface area contributed by atoms with Crippen molar-refractivity contribution in [1.82, 2.24) is 9.97 Å². The highest BCUT2D eigenvalue weighted by Gasteiger charge is 2.04. The zero-order valence-electron chi connectivity index (χ0n) is 9.40. The normalized spacial score (nSPS) is 10.5. The van der Waals surface area contributed by atoms with Gasteiger partial charge in [0.2, 0.25) is 0 Å². The fourth-order valence-corrected chi connectivity index (χ4v) is 2.38. The van der Waals surface area contributed by atoms with Crippen LogP contribution in [0.4, 0.5) is 11.5 Å². The molecule has 0 fully saturated rings. The average Bonchev–Trinajstić information content (AvgIpc) is 2.76. The van der Waals surface area contributed by atoms with E-state index in [1.807, 2.05) is 6.20 Å². The van der Waals surface area contributed by atoms with Gasteiger partial charge in [-0.15, -0.1) is 11.3 Å². The van der Waals surface area contributed by atoms with Crippen LogP contribution in [0, 0.1) is 0 Å². The number of thiazole rings is 1. The van der Waals surface area contributed by atoms with Crippen LogP contribution in [-0.2, 0) is 13.0 Å². The molecule has 2 aromatic heterocycles. The molecule has 0 spiro atoms. The summed E-state index contributed by atoms with van der Waals surface area (Å²) in [5, 5.41) is 4.69. The third-order valence-electron chi connectivity index (χ3n) is 2.22. The quantitative estimate of drug-likeness (QED) is 0.895. The number of hydrogen-bond donors (Lipinski definition) is 2. The molecule has 2 rings (SSSR count). The molecule has 0 atom stereocenters. The van der Waals surface area contributed by atoms with Crippen LogP contribution in [0.5, 0.6) is 0 Å². The van der Waals surface area contributed by atoms with E-state index in [1.54, 1.807) is 23.6 Å². The van der Waals surface area contributed by atoms with Gasteiger partial charge in [0, 0.05) is 11.1 Å². The van der Waals surface area contributed by atoms with Crippen molar-refractivity contribution in [3.05, 3.63) is 33.4 Å². The lowest BCUT2D eigenvalue weighted by atomic mass is 10.4. The Morgan fingerprint density at radius 1 is 1.41 bits per heavy atom. The Bertz CT molecular complexity index is 512. The summed E-state index contributed by atoms with van der Waals surface area (Å²) in [6.07, 6.45) is 4.49. The monoisotopic (exact) mass is 268 g/mol. The van der Waals surface area contributed by atoms with Gasteiger partial charge in [0.15, 0.2) is 0 Å². The van der Waals surface area contributed by atoms with Crippen molar-refractivity contribution < 1.29 is 0 Å². The van der Waals surface area contributed by atoms with E-state index < -0.39 is 0 Å². The van der Waals surface area contributed by atoms with E-state index in [4.69, 9.17) is 17.3 Å². The van der Waals surface area contributed by atoms with Gasteiger partial charge in [-0.05, 0) is 12.5 Å². The third-order valence-corrected chi connectivity index (χ3v) is 3.65. The van der Waals surface area contributed by atoms with Crippen LogP contribution in [0.3, 0.4) is 0 Å². The van der Waals surface area contributed by atoms with Gasteiger partial charge in [-0.25, -0.2) is 9.97 Å². The van der Waals surface area contributed by atoms with Gasteiger partial charge in [0.1, 0.15) is 10.8 Å². The van der Waals surface area contributed by atoms with Crippen molar-refractivity contribution in [3.63, 3.8) is 0 Å². The van der Waals surface area contributed by atoms with Crippen LogP contribution in [0.2, 0.25) is 5.02 Å². The van der Waals surface area contributed by atoms with Gasteiger partial charge in [-0.2, -0.15) is 0 Å². The van der Waals surface area contributed by atoms with Crippen LogP contribution in [-0.4, -0.2) is 9.97 Å². The molecule has 0 aliphatic heterocycles. The molecular formula is C11H13ClN4S. The summed E-state index contributed by atoms with van der Waals surface area (Å²) < 4.78 is 0. The zero-order chi connectivity index (χ0) is 12.3. The number of hydrogen-bond acceptors (Lipinski definition) is 5. The van der Waals surface area contributed by atoms with Crippen molar-refractivity contribution in [2.75, 3.05) is 11.1 Å². The Morgan fingerprint density at radius 2 is 2.24 bits per heavy atom. The van der Waals surface area contributed by atoms with Crippen LogP contribution in [0.15, 0.2) is 18.5 Å². The van der Waals surface area contributed by atoms with E-state index in [9.17, 15) is 0 Å². The molecule has 0 aromatic carbocycles. The SMILES string of the molecule is CCc1cnc(CNc2ncc(N)cc2Cl)s1. The minimum atomic E-state index is 0.525. The number of nitrogens with two attached hydrogens (primary N) is 1. The number of nitrogens with zero attached hydrogens (tertiary/aromatic N) is 2. The molecule has 0 radical (unpaired) electrons.